The highest BCUT2D eigenvalue weighted by atomic mass is 32.2. The number of hydrogen-bond donors (Lipinski definition) is 1. The molecular formula is C12H15F4NOS. The van der Waals surface area contributed by atoms with Crippen LogP contribution in [0.15, 0.2) is 24.3 Å². The molecule has 0 spiro atoms. The molecule has 0 saturated heterocycles. The fourth-order valence-corrected chi connectivity index (χ4v) is 2.13. The minimum Gasteiger partial charge on any atom is -0.598 e. The van der Waals surface area contributed by atoms with Crippen molar-refractivity contribution in [2.45, 2.75) is 37.7 Å². The van der Waals surface area contributed by atoms with E-state index in [0.29, 0.717) is 0 Å². The molecule has 0 amide bonds. The lowest BCUT2D eigenvalue weighted by atomic mass is 10.1. The number of hydrogen-bond acceptors (Lipinski definition) is 2. The van der Waals surface area contributed by atoms with Gasteiger partial charge in [-0.3, -0.25) is 0 Å². The summed E-state index contributed by atoms with van der Waals surface area (Å²) in [5.74, 6) is -0.983. The van der Waals surface area contributed by atoms with Crippen molar-refractivity contribution in [3.05, 3.63) is 35.6 Å². The van der Waals surface area contributed by atoms with Gasteiger partial charge in [-0.15, -0.1) is 4.72 Å². The SMILES string of the molecule is CC(C)(C)[S+]([O-])N[C@H](c1ccccc1F)C(F)(F)F. The van der Waals surface area contributed by atoms with Crippen LogP contribution in [0.2, 0.25) is 0 Å². The molecule has 0 aromatic heterocycles. The molecule has 0 radical (unpaired) electrons. The molecule has 0 aliphatic heterocycles. The minimum atomic E-state index is -4.73. The molecule has 1 N–H and O–H groups in total. The minimum absolute atomic E-state index is 0.562. The quantitative estimate of drug-likeness (QED) is 0.685. The van der Waals surface area contributed by atoms with Gasteiger partial charge in [-0.05, 0) is 26.8 Å². The van der Waals surface area contributed by atoms with Crippen molar-refractivity contribution < 1.29 is 22.1 Å². The average Bonchev–Trinajstić information content (AvgIpc) is 2.24. The van der Waals surface area contributed by atoms with Crippen LogP contribution < -0.4 is 4.72 Å². The van der Waals surface area contributed by atoms with E-state index in [1.165, 1.54) is 32.9 Å². The van der Waals surface area contributed by atoms with Gasteiger partial charge in [0, 0.05) is 16.9 Å². The first kappa shape index (κ1) is 16.3. The molecule has 1 rings (SSSR count). The maximum atomic E-state index is 13.5. The van der Waals surface area contributed by atoms with E-state index < -0.39 is 39.7 Å². The standard InChI is InChI=1S/C12H15F4NOS/c1-11(2,3)19(18)17-10(12(14,15)16)8-6-4-5-7-9(8)13/h4-7,10,17H,1-3H3/t10-,19?/m1/s1. The molecule has 1 aromatic carbocycles. The van der Waals surface area contributed by atoms with Crippen LogP contribution in [0.3, 0.4) is 0 Å². The zero-order valence-electron chi connectivity index (χ0n) is 10.7. The summed E-state index contributed by atoms with van der Waals surface area (Å²) in [6, 6.07) is 2.27. The summed E-state index contributed by atoms with van der Waals surface area (Å²) in [4.78, 5) is 0. The lowest BCUT2D eigenvalue weighted by Crippen LogP contribution is -2.45. The van der Waals surface area contributed by atoms with Gasteiger partial charge in [0.2, 0.25) is 0 Å². The topological polar surface area (TPSA) is 35.1 Å². The van der Waals surface area contributed by atoms with Crippen molar-refractivity contribution >= 4 is 11.4 Å². The van der Waals surface area contributed by atoms with E-state index in [1.54, 1.807) is 0 Å². The Kier molecular flexibility index (Phi) is 4.86. The molecule has 0 heterocycles. The Bertz CT molecular complexity index is 430. The molecule has 0 aliphatic carbocycles. The van der Waals surface area contributed by atoms with Gasteiger partial charge in [0.15, 0.2) is 6.04 Å². The van der Waals surface area contributed by atoms with E-state index in [2.05, 4.69) is 0 Å². The van der Waals surface area contributed by atoms with Crippen LogP contribution in [-0.4, -0.2) is 15.5 Å². The highest BCUT2D eigenvalue weighted by Crippen LogP contribution is 2.35. The Morgan fingerprint density at radius 3 is 2.11 bits per heavy atom. The molecule has 0 bridgehead atoms. The van der Waals surface area contributed by atoms with E-state index in [0.717, 1.165) is 12.1 Å². The second kappa shape index (κ2) is 5.68. The second-order valence-corrected chi connectivity index (χ2v) is 6.99. The molecule has 0 aliphatic rings. The van der Waals surface area contributed by atoms with E-state index in [1.807, 2.05) is 4.72 Å². The van der Waals surface area contributed by atoms with Crippen LogP contribution in [-0.2, 0) is 11.4 Å². The molecule has 0 saturated carbocycles. The molecule has 19 heavy (non-hydrogen) atoms. The first-order valence-electron chi connectivity index (χ1n) is 5.52. The van der Waals surface area contributed by atoms with Crippen LogP contribution in [0.4, 0.5) is 17.6 Å². The number of nitrogens with one attached hydrogen (secondary N) is 1. The summed E-state index contributed by atoms with van der Waals surface area (Å²) in [7, 11) is 0. The number of halogens is 4. The monoisotopic (exact) mass is 297 g/mol. The van der Waals surface area contributed by atoms with Crippen molar-refractivity contribution in [1.29, 1.82) is 0 Å². The fraction of sp³-hybridized carbons (Fsp3) is 0.500. The molecule has 7 heteroatoms. The zero-order valence-corrected chi connectivity index (χ0v) is 11.5. The molecule has 108 valence electrons. The molecular weight excluding hydrogens is 282 g/mol. The first-order chi connectivity index (χ1) is 8.53. The van der Waals surface area contributed by atoms with Crippen LogP contribution >= 0.6 is 0 Å². The maximum absolute atomic E-state index is 13.5. The third-order valence-corrected chi connectivity index (χ3v) is 3.89. The summed E-state index contributed by atoms with van der Waals surface area (Å²) in [5.41, 5.74) is -0.562. The van der Waals surface area contributed by atoms with Crippen molar-refractivity contribution in [3.63, 3.8) is 0 Å². The summed E-state index contributed by atoms with van der Waals surface area (Å²) in [6.07, 6.45) is -4.73. The Labute approximate surface area is 112 Å². The van der Waals surface area contributed by atoms with E-state index in [9.17, 15) is 22.1 Å². The Balaban J connectivity index is 3.08. The third-order valence-electron chi connectivity index (χ3n) is 2.32. The molecule has 1 aromatic rings. The number of alkyl halides is 3. The van der Waals surface area contributed by atoms with Gasteiger partial charge >= 0.3 is 6.18 Å². The van der Waals surface area contributed by atoms with Gasteiger partial charge in [-0.25, -0.2) is 4.39 Å². The van der Waals surface area contributed by atoms with Crippen molar-refractivity contribution in [3.8, 4) is 0 Å². The van der Waals surface area contributed by atoms with Crippen molar-refractivity contribution in [2.24, 2.45) is 0 Å². The van der Waals surface area contributed by atoms with Gasteiger partial charge in [0.05, 0.1) is 0 Å². The molecule has 2 atom stereocenters. The summed E-state index contributed by atoms with van der Waals surface area (Å²) in [5, 5.41) is 0. The fourth-order valence-electron chi connectivity index (χ4n) is 1.30. The summed E-state index contributed by atoms with van der Waals surface area (Å²) in [6.45, 7) is 4.60. The van der Waals surface area contributed by atoms with Gasteiger partial charge in [0.25, 0.3) is 0 Å². The van der Waals surface area contributed by atoms with Crippen LogP contribution in [0.25, 0.3) is 0 Å². The molecule has 0 fully saturated rings. The summed E-state index contributed by atoms with van der Waals surface area (Å²) < 4.78 is 65.3. The summed E-state index contributed by atoms with van der Waals surface area (Å²) >= 11 is -1.96. The molecule has 1 unspecified atom stereocenters. The largest absolute Gasteiger partial charge is 0.598 e. The lowest BCUT2D eigenvalue weighted by molar-refractivity contribution is -0.153. The van der Waals surface area contributed by atoms with E-state index in [4.69, 9.17) is 0 Å². The predicted molar refractivity (Wildman–Crippen MR) is 66.2 cm³/mol. The zero-order chi connectivity index (χ0) is 14.8. The van der Waals surface area contributed by atoms with E-state index >= 15 is 0 Å². The lowest BCUT2D eigenvalue weighted by Gasteiger charge is -2.29. The Morgan fingerprint density at radius 2 is 1.68 bits per heavy atom. The van der Waals surface area contributed by atoms with Gasteiger partial charge in [-0.2, -0.15) is 13.2 Å². The predicted octanol–water partition coefficient (Wildman–Crippen LogP) is 3.48. The highest BCUT2D eigenvalue weighted by molar-refractivity contribution is 7.90. The first-order valence-corrected chi connectivity index (χ1v) is 6.67. The molecule has 2 nitrogen and oxygen atoms in total. The normalized spacial score (nSPS) is 16.2. The Morgan fingerprint density at radius 1 is 1.16 bits per heavy atom. The van der Waals surface area contributed by atoms with Crippen molar-refractivity contribution in [1.82, 2.24) is 4.72 Å². The van der Waals surface area contributed by atoms with Crippen LogP contribution in [0, 0.1) is 5.82 Å². The van der Waals surface area contributed by atoms with E-state index in [-0.39, 0.29) is 0 Å². The maximum Gasteiger partial charge on any atom is 0.412 e. The van der Waals surface area contributed by atoms with Gasteiger partial charge in [0.1, 0.15) is 10.6 Å². The second-order valence-electron chi connectivity index (χ2n) is 5.00. The third kappa shape index (κ3) is 4.36. The smallest absolute Gasteiger partial charge is 0.412 e. The highest BCUT2D eigenvalue weighted by Gasteiger charge is 2.46. The van der Waals surface area contributed by atoms with Crippen LogP contribution in [0.5, 0.6) is 0 Å². The number of rotatable bonds is 3. The van der Waals surface area contributed by atoms with Gasteiger partial charge in [-0.1, -0.05) is 18.2 Å². The average molecular weight is 297 g/mol. The van der Waals surface area contributed by atoms with Crippen molar-refractivity contribution in [2.75, 3.05) is 0 Å². The van der Waals surface area contributed by atoms with Gasteiger partial charge < -0.3 is 4.55 Å². The number of benzene rings is 1. The van der Waals surface area contributed by atoms with Crippen LogP contribution in [0.1, 0.15) is 32.4 Å². The Hall–Kier alpha value is -0.790.